The fourth-order valence-electron chi connectivity index (χ4n) is 3.51. The van der Waals surface area contributed by atoms with Gasteiger partial charge in [-0.3, -0.25) is 9.69 Å². The summed E-state index contributed by atoms with van der Waals surface area (Å²) in [6.45, 7) is 5.27. The molecule has 0 bridgehead atoms. The highest BCUT2D eigenvalue weighted by Gasteiger charge is 2.33. The number of carbonyl (C=O) groups is 1. The lowest BCUT2D eigenvalue weighted by atomic mass is 10.1. The lowest BCUT2D eigenvalue weighted by Gasteiger charge is -2.29. The number of rotatable bonds is 8. The molecular weight excluding hydrogens is 368 g/mol. The Hall–Kier alpha value is -1.64. The second kappa shape index (κ2) is 9.52. The first kappa shape index (κ1) is 20.1. The first-order valence-electron chi connectivity index (χ1n) is 9.19. The monoisotopic (exact) mass is 396 g/mol. The number of ether oxygens (including phenoxy) is 4. The number of hydrogen-bond donors (Lipinski definition) is 0. The summed E-state index contributed by atoms with van der Waals surface area (Å²) in [7, 11) is 4.80. The average Bonchev–Trinajstić information content (AvgIpc) is 3.08. The third kappa shape index (κ3) is 4.62. The summed E-state index contributed by atoms with van der Waals surface area (Å²) < 4.78 is 21.7. The molecule has 27 heavy (non-hydrogen) atoms. The van der Waals surface area contributed by atoms with Crippen LogP contribution in [0, 0.1) is 0 Å². The molecule has 0 radical (unpaired) electrons. The van der Waals surface area contributed by atoms with Crippen molar-refractivity contribution >= 4 is 17.7 Å². The fourth-order valence-corrected chi connectivity index (χ4v) is 4.70. The van der Waals surface area contributed by atoms with Gasteiger partial charge in [-0.15, -0.1) is 11.8 Å². The van der Waals surface area contributed by atoms with Crippen LogP contribution in [0.25, 0.3) is 0 Å². The first-order chi connectivity index (χ1) is 13.2. The number of morpholine rings is 1. The van der Waals surface area contributed by atoms with Gasteiger partial charge >= 0.3 is 0 Å². The molecular formula is C19H28N2O5S. The maximum absolute atomic E-state index is 12.5. The van der Waals surface area contributed by atoms with Crippen LogP contribution in [0.15, 0.2) is 12.1 Å². The number of thioether (sulfide) groups is 1. The van der Waals surface area contributed by atoms with E-state index in [2.05, 4.69) is 4.90 Å². The predicted octanol–water partition coefficient (Wildman–Crippen LogP) is 2.01. The largest absolute Gasteiger partial charge is 0.493 e. The highest BCUT2D eigenvalue weighted by Crippen LogP contribution is 2.45. The van der Waals surface area contributed by atoms with Crippen molar-refractivity contribution < 1.29 is 23.7 Å². The van der Waals surface area contributed by atoms with Gasteiger partial charge in [-0.1, -0.05) is 0 Å². The van der Waals surface area contributed by atoms with Crippen LogP contribution in [0.3, 0.4) is 0 Å². The second-order valence-corrected chi connectivity index (χ2v) is 7.59. The lowest BCUT2D eigenvalue weighted by molar-refractivity contribution is -0.128. The molecule has 3 rings (SSSR count). The summed E-state index contributed by atoms with van der Waals surface area (Å²) in [5, 5.41) is -0.0316. The Morgan fingerprint density at radius 3 is 2.33 bits per heavy atom. The molecule has 0 aromatic heterocycles. The Morgan fingerprint density at radius 1 is 1.07 bits per heavy atom. The molecule has 1 amide bonds. The van der Waals surface area contributed by atoms with Gasteiger partial charge in [0.1, 0.15) is 5.37 Å². The first-order valence-corrected chi connectivity index (χ1v) is 10.2. The van der Waals surface area contributed by atoms with Crippen molar-refractivity contribution in [3.8, 4) is 17.2 Å². The van der Waals surface area contributed by atoms with Crippen LogP contribution >= 0.6 is 11.8 Å². The summed E-state index contributed by atoms with van der Waals surface area (Å²) in [4.78, 5) is 16.8. The van der Waals surface area contributed by atoms with Crippen molar-refractivity contribution in [2.45, 2.75) is 11.8 Å². The minimum absolute atomic E-state index is 0.0316. The molecule has 8 heteroatoms. The molecule has 0 spiro atoms. The Morgan fingerprint density at radius 2 is 1.74 bits per heavy atom. The average molecular weight is 397 g/mol. The third-order valence-corrected chi connectivity index (χ3v) is 6.17. The molecule has 0 saturated carbocycles. The van der Waals surface area contributed by atoms with E-state index in [1.807, 2.05) is 17.0 Å². The fraction of sp³-hybridized carbons (Fsp3) is 0.632. The highest BCUT2D eigenvalue weighted by molar-refractivity contribution is 8.00. The minimum atomic E-state index is -0.0316. The number of hydrogen-bond acceptors (Lipinski definition) is 7. The summed E-state index contributed by atoms with van der Waals surface area (Å²) in [6.07, 6.45) is 0.952. The zero-order chi connectivity index (χ0) is 19.2. The smallest absolute Gasteiger partial charge is 0.233 e. The number of methoxy groups -OCH3 is 3. The van der Waals surface area contributed by atoms with E-state index in [1.54, 1.807) is 33.1 Å². The Labute approximate surface area is 164 Å². The van der Waals surface area contributed by atoms with Crippen LogP contribution < -0.4 is 14.2 Å². The standard InChI is InChI=1S/C19H28N2O5S/c1-23-15-11-14(12-16(24-2)18(15)25-3)19-21(17(22)13-27-19)6-4-5-20-7-9-26-10-8-20/h11-12,19H,4-10,13H2,1-3H3. The molecule has 150 valence electrons. The van der Waals surface area contributed by atoms with Crippen molar-refractivity contribution in [2.75, 3.05) is 66.5 Å². The molecule has 1 aromatic carbocycles. The number of nitrogens with zero attached hydrogens (tertiary/aromatic N) is 2. The van der Waals surface area contributed by atoms with Gasteiger partial charge in [0.25, 0.3) is 0 Å². The number of carbonyl (C=O) groups excluding carboxylic acids is 1. The third-order valence-electron chi connectivity index (χ3n) is 4.92. The summed E-state index contributed by atoms with van der Waals surface area (Å²) in [5.74, 6) is 2.47. The van der Waals surface area contributed by atoms with Gasteiger partial charge in [0.2, 0.25) is 11.7 Å². The van der Waals surface area contributed by atoms with Gasteiger partial charge in [0, 0.05) is 26.2 Å². The highest BCUT2D eigenvalue weighted by atomic mass is 32.2. The summed E-state index contributed by atoms with van der Waals surface area (Å²) in [5.41, 5.74) is 0.992. The summed E-state index contributed by atoms with van der Waals surface area (Å²) >= 11 is 1.64. The topological polar surface area (TPSA) is 60.5 Å². The van der Waals surface area contributed by atoms with Crippen LogP contribution in [-0.4, -0.2) is 82.2 Å². The SMILES string of the molecule is COc1cc(C2SCC(=O)N2CCCN2CCOCC2)cc(OC)c1OC. The van der Waals surface area contributed by atoms with Crippen LogP contribution in [0.4, 0.5) is 0 Å². The van der Waals surface area contributed by atoms with E-state index in [9.17, 15) is 4.79 Å². The van der Waals surface area contributed by atoms with Crippen molar-refractivity contribution in [1.29, 1.82) is 0 Å². The van der Waals surface area contributed by atoms with Gasteiger partial charge < -0.3 is 23.8 Å². The zero-order valence-electron chi connectivity index (χ0n) is 16.2. The molecule has 0 aliphatic carbocycles. The molecule has 2 heterocycles. The quantitative estimate of drug-likeness (QED) is 0.666. The van der Waals surface area contributed by atoms with Gasteiger partial charge in [0.05, 0.1) is 40.3 Å². The molecule has 2 aliphatic rings. The lowest BCUT2D eigenvalue weighted by Crippen LogP contribution is -2.38. The van der Waals surface area contributed by atoms with Gasteiger partial charge in [-0.25, -0.2) is 0 Å². The van der Waals surface area contributed by atoms with Crippen LogP contribution in [0.2, 0.25) is 0 Å². The Balaban J connectivity index is 1.71. The van der Waals surface area contributed by atoms with Crippen molar-refractivity contribution in [2.24, 2.45) is 0 Å². The van der Waals surface area contributed by atoms with E-state index in [-0.39, 0.29) is 11.3 Å². The maximum atomic E-state index is 12.5. The van der Waals surface area contributed by atoms with Gasteiger partial charge in [-0.05, 0) is 24.1 Å². The van der Waals surface area contributed by atoms with E-state index in [4.69, 9.17) is 18.9 Å². The van der Waals surface area contributed by atoms with Gasteiger partial charge in [0.15, 0.2) is 11.5 Å². The molecule has 2 fully saturated rings. The predicted molar refractivity (Wildman–Crippen MR) is 105 cm³/mol. The van der Waals surface area contributed by atoms with E-state index in [0.29, 0.717) is 23.0 Å². The molecule has 1 aromatic rings. The van der Waals surface area contributed by atoms with Crippen molar-refractivity contribution in [1.82, 2.24) is 9.80 Å². The van der Waals surface area contributed by atoms with Crippen molar-refractivity contribution in [3.05, 3.63) is 17.7 Å². The number of benzene rings is 1. The van der Waals surface area contributed by atoms with Crippen LogP contribution in [0.5, 0.6) is 17.2 Å². The van der Waals surface area contributed by atoms with Crippen LogP contribution in [0.1, 0.15) is 17.4 Å². The molecule has 1 unspecified atom stereocenters. The maximum Gasteiger partial charge on any atom is 0.233 e. The molecule has 2 saturated heterocycles. The Kier molecular flexibility index (Phi) is 7.09. The van der Waals surface area contributed by atoms with E-state index < -0.39 is 0 Å². The van der Waals surface area contributed by atoms with E-state index in [0.717, 1.165) is 51.4 Å². The summed E-state index contributed by atoms with van der Waals surface area (Å²) in [6, 6.07) is 3.87. The van der Waals surface area contributed by atoms with Crippen LogP contribution in [-0.2, 0) is 9.53 Å². The number of amides is 1. The minimum Gasteiger partial charge on any atom is -0.493 e. The molecule has 1 atom stereocenters. The second-order valence-electron chi connectivity index (χ2n) is 6.52. The van der Waals surface area contributed by atoms with E-state index in [1.165, 1.54) is 0 Å². The molecule has 7 nitrogen and oxygen atoms in total. The van der Waals surface area contributed by atoms with E-state index >= 15 is 0 Å². The molecule has 0 N–H and O–H groups in total. The van der Waals surface area contributed by atoms with Crippen molar-refractivity contribution in [3.63, 3.8) is 0 Å². The zero-order valence-corrected chi connectivity index (χ0v) is 17.0. The molecule has 2 aliphatic heterocycles. The van der Waals surface area contributed by atoms with Gasteiger partial charge in [-0.2, -0.15) is 0 Å². The Bertz CT molecular complexity index is 626. The normalized spacial score (nSPS) is 20.8.